The number of oxazole rings is 1. The Morgan fingerprint density at radius 3 is 2.64 bits per heavy atom. The standard InChI is InChI=1S/C11H10ClNO/c1-7-5-9(12)3-4-10(7)11-8(2)13-6-14-11/h3-6H,1-2H3. The third-order valence-electron chi connectivity index (χ3n) is 2.18. The molecule has 0 spiro atoms. The Hall–Kier alpha value is -1.28. The highest BCUT2D eigenvalue weighted by atomic mass is 35.5. The predicted molar refractivity (Wildman–Crippen MR) is 56.4 cm³/mol. The number of aromatic nitrogens is 1. The summed E-state index contributed by atoms with van der Waals surface area (Å²) >= 11 is 5.87. The normalized spacial score (nSPS) is 10.5. The van der Waals surface area contributed by atoms with Crippen LogP contribution in [0.4, 0.5) is 0 Å². The van der Waals surface area contributed by atoms with Crippen molar-refractivity contribution in [3.8, 4) is 11.3 Å². The summed E-state index contributed by atoms with van der Waals surface area (Å²) in [6.45, 7) is 3.93. The van der Waals surface area contributed by atoms with Gasteiger partial charge in [0.1, 0.15) is 0 Å². The number of hydrogen-bond acceptors (Lipinski definition) is 2. The van der Waals surface area contributed by atoms with Crippen LogP contribution in [-0.4, -0.2) is 4.98 Å². The van der Waals surface area contributed by atoms with Crippen LogP contribution < -0.4 is 0 Å². The summed E-state index contributed by atoms with van der Waals surface area (Å²) in [5.41, 5.74) is 3.04. The second kappa shape index (κ2) is 3.46. The molecule has 2 nitrogen and oxygen atoms in total. The highest BCUT2D eigenvalue weighted by molar-refractivity contribution is 6.30. The highest BCUT2D eigenvalue weighted by Gasteiger charge is 2.09. The van der Waals surface area contributed by atoms with Crippen molar-refractivity contribution in [3.05, 3.63) is 40.9 Å². The van der Waals surface area contributed by atoms with Crippen molar-refractivity contribution in [2.75, 3.05) is 0 Å². The van der Waals surface area contributed by atoms with Gasteiger partial charge in [0.05, 0.1) is 5.69 Å². The Labute approximate surface area is 87.5 Å². The Morgan fingerprint density at radius 2 is 2.07 bits per heavy atom. The molecule has 1 aromatic carbocycles. The molecule has 0 fully saturated rings. The molecule has 0 bridgehead atoms. The molecule has 3 heteroatoms. The molecule has 0 atom stereocenters. The van der Waals surface area contributed by atoms with Gasteiger partial charge in [0.2, 0.25) is 0 Å². The lowest BCUT2D eigenvalue weighted by Crippen LogP contribution is -1.83. The molecule has 0 radical (unpaired) electrons. The lowest BCUT2D eigenvalue weighted by Gasteiger charge is -2.03. The summed E-state index contributed by atoms with van der Waals surface area (Å²) in [5.74, 6) is 0.819. The van der Waals surface area contributed by atoms with Crippen molar-refractivity contribution in [2.45, 2.75) is 13.8 Å². The first-order valence-corrected chi connectivity index (χ1v) is 4.73. The van der Waals surface area contributed by atoms with Crippen LogP contribution in [0.5, 0.6) is 0 Å². The van der Waals surface area contributed by atoms with E-state index >= 15 is 0 Å². The van der Waals surface area contributed by atoms with E-state index in [-0.39, 0.29) is 0 Å². The van der Waals surface area contributed by atoms with Gasteiger partial charge in [0, 0.05) is 10.6 Å². The average Bonchev–Trinajstić information content (AvgIpc) is 2.52. The van der Waals surface area contributed by atoms with Gasteiger partial charge < -0.3 is 4.42 Å². The lowest BCUT2D eigenvalue weighted by atomic mass is 10.1. The fraction of sp³-hybridized carbons (Fsp3) is 0.182. The van der Waals surface area contributed by atoms with Gasteiger partial charge in [-0.15, -0.1) is 0 Å². The zero-order valence-corrected chi connectivity index (χ0v) is 8.80. The molecule has 0 amide bonds. The molecule has 0 saturated heterocycles. The van der Waals surface area contributed by atoms with E-state index in [0.717, 1.165) is 27.6 Å². The fourth-order valence-electron chi connectivity index (χ4n) is 1.44. The number of halogens is 1. The smallest absolute Gasteiger partial charge is 0.181 e. The number of aryl methyl sites for hydroxylation is 2. The molecular formula is C11H10ClNO. The van der Waals surface area contributed by atoms with Crippen molar-refractivity contribution < 1.29 is 4.42 Å². The quantitative estimate of drug-likeness (QED) is 0.714. The summed E-state index contributed by atoms with van der Waals surface area (Å²) in [4.78, 5) is 4.06. The minimum absolute atomic E-state index is 0.739. The van der Waals surface area contributed by atoms with Crippen LogP contribution >= 0.6 is 11.6 Å². The first-order valence-electron chi connectivity index (χ1n) is 4.35. The molecule has 2 aromatic rings. The van der Waals surface area contributed by atoms with Crippen LogP contribution in [0.3, 0.4) is 0 Å². The third kappa shape index (κ3) is 1.53. The number of hydrogen-bond donors (Lipinski definition) is 0. The van der Waals surface area contributed by atoms with Crippen LogP contribution in [0.25, 0.3) is 11.3 Å². The first-order chi connectivity index (χ1) is 6.68. The van der Waals surface area contributed by atoms with E-state index in [4.69, 9.17) is 16.0 Å². The average molecular weight is 208 g/mol. The summed E-state index contributed by atoms with van der Waals surface area (Å²) in [6.07, 6.45) is 1.46. The van der Waals surface area contributed by atoms with E-state index in [1.807, 2.05) is 32.0 Å². The predicted octanol–water partition coefficient (Wildman–Crippen LogP) is 3.61. The second-order valence-electron chi connectivity index (χ2n) is 3.23. The molecule has 1 heterocycles. The maximum absolute atomic E-state index is 5.87. The molecule has 0 aliphatic heterocycles. The van der Waals surface area contributed by atoms with Crippen LogP contribution in [0.15, 0.2) is 29.0 Å². The zero-order chi connectivity index (χ0) is 10.1. The summed E-state index contributed by atoms with van der Waals surface area (Å²) < 4.78 is 5.32. The van der Waals surface area contributed by atoms with Gasteiger partial charge in [0.25, 0.3) is 0 Å². The minimum Gasteiger partial charge on any atom is -0.443 e. The second-order valence-corrected chi connectivity index (χ2v) is 3.66. The molecule has 0 N–H and O–H groups in total. The van der Waals surface area contributed by atoms with E-state index in [9.17, 15) is 0 Å². The van der Waals surface area contributed by atoms with Gasteiger partial charge in [-0.1, -0.05) is 11.6 Å². The molecular weight excluding hydrogens is 198 g/mol. The van der Waals surface area contributed by atoms with E-state index in [1.165, 1.54) is 6.39 Å². The maximum atomic E-state index is 5.87. The number of nitrogens with zero attached hydrogens (tertiary/aromatic N) is 1. The Balaban J connectivity index is 2.58. The molecule has 0 aliphatic carbocycles. The van der Waals surface area contributed by atoms with Gasteiger partial charge in [-0.05, 0) is 37.6 Å². The molecule has 0 saturated carbocycles. The van der Waals surface area contributed by atoms with Crippen LogP contribution in [0, 0.1) is 13.8 Å². The van der Waals surface area contributed by atoms with Crippen LogP contribution in [0.2, 0.25) is 5.02 Å². The number of benzene rings is 1. The molecule has 2 rings (SSSR count). The van der Waals surface area contributed by atoms with Crippen molar-refractivity contribution in [2.24, 2.45) is 0 Å². The fourth-order valence-corrected chi connectivity index (χ4v) is 1.67. The van der Waals surface area contributed by atoms with Crippen molar-refractivity contribution in [1.29, 1.82) is 0 Å². The van der Waals surface area contributed by atoms with E-state index in [1.54, 1.807) is 0 Å². The first kappa shape index (κ1) is 9.28. The van der Waals surface area contributed by atoms with Crippen molar-refractivity contribution >= 4 is 11.6 Å². The third-order valence-corrected chi connectivity index (χ3v) is 2.41. The number of rotatable bonds is 1. The van der Waals surface area contributed by atoms with E-state index in [2.05, 4.69) is 4.98 Å². The molecule has 0 unspecified atom stereocenters. The van der Waals surface area contributed by atoms with Gasteiger partial charge in [0.15, 0.2) is 12.2 Å². The summed E-state index contributed by atoms with van der Waals surface area (Å²) in [6, 6.07) is 5.72. The Morgan fingerprint density at radius 1 is 1.29 bits per heavy atom. The monoisotopic (exact) mass is 207 g/mol. The Kier molecular flexibility index (Phi) is 2.30. The van der Waals surface area contributed by atoms with Crippen LogP contribution in [0.1, 0.15) is 11.3 Å². The van der Waals surface area contributed by atoms with Gasteiger partial charge >= 0.3 is 0 Å². The molecule has 14 heavy (non-hydrogen) atoms. The Bertz CT molecular complexity index is 462. The van der Waals surface area contributed by atoms with Gasteiger partial charge in [-0.2, -0.15) is 0 Å². The summed E-state index contributed by atoms with van der Waals surface area (Å²) in [5, 5.41) is 0.739. The zero-order valence-electron chi connectivity index (χ0n) is 8.04. The van der Waals surface area contributed by atoms with E-state index < -0.39 is 0 Å². The van der Waals surface area contributed by atoms with E-state index in [0.29, 0.717) is 0 Å². The summed E-state index contributed by atoms with van der Waals surface area (Å²) in [7, 11) is 0. The van der Waals surface area contributed by atoms with Crippen molar-refractivity contribution in [1.82, 2.24) is 4.98 Å². The van der Waals surface area contributed by atoms with Gasteiger partial charge in [-0.3, -0.25) is 0 Å². The van der Waals surface area contributed by atoms with Crippen LogP contribution in [-0.2, 0) is 0 Å². The molecule has 72 valence electrons. The molecule has 1 aromatic heterocycles. The van der Waals surface area contributed by atoms with Gasteiger partial charge in [-0.25, -0.2) is 4.98 Å². The highest BCUT2D eigenvalue weighted by Crippen LogP contribution is 2.27. The SMILES string of the molecule is Cc1cc(Cl)ccc1-c1ocnc1C. The lowest BCUT2D eigenvalue weighted by molar-refractivity contribution is 0.571. The molecule has 0 aliphatic rings. The topological polar surface area (TPSA) is 26.0 Å². The minimum atomic E-state index is 0.739. The maximum Gasteiger partial charge on any atom is 0.181 e. The largest absolute Gasteiger partial charge is 0.443 e. The van der Waals surface area contributed by atoms with Crippen molar-refractivity contribution in [3.63, 3.8) is 0 Å².